The van der Waals surface area contributed by atoms with Crippen molar-refractivity contribution in [2.75, 3.05) is 6.54 Å². The maximum absolute atomic E-state index is 13.6. The molecule has 2 unspecified atom stereocenters. The standard InChI is InChI=1S/C27H41N3O5/c1-27(2,3)35-26(34)29-21(18-19-12-7-6-8-13-19)25(33)30-17-11-16-22(30)23(31)24(32)28-20-14-9-4-5-10-15-20/h6-8,12-13,20-23,31H,4-5,9-11,14-18H2,1-3H3,(H,28,32)(H,29,34)/t21-,22?,23?/m0/s1. The van der Waals surface area contributed by atoms with Gasteiger partial charge in [-0.05, 0) is 52.0 Å². The minimum absolute atomic E-state index is 0.0740. The van der Waals surface area contributed by atoms with Crippen LogP contribution >= 0.6 is 0 Å². The third-order valence-corrected chi connectivity index (χ3v) is 6.69. The van der Waals surface area contributed by atoms with E-state index in [1.165, 1.54) is 12.8 Å². The van der Waals surface area contributed by atoms with Crippen LogP contribution in [0.3, 0.4) is 0 Å². The van der Waals surface area contributed by atoms with E-state index in [9.17, 15) is 19.5 Å². The molecule has 3 N–H and O–H groups in total. The Hall–Kier alpha value is -2.61. The molecule has 3 rings (SSSR count). The third kappa shape index (κ3) is 8.23. The quantitative estimate of drug-likeness (QED) is 0.512. The van der Waals surface area contributed by atoms with Gasteiger partial charge in [-0.15, -0.1) is 0 Å². The lowest BCUT2D eigenvalue weighted by atomic mass is 10.0. The zero-order valence-electron chi connectivity index (χ0n) is 21.3. The first-order valence-electron chi connectivity index (χ1n) is 13.0. The Morgan fingerprint density at radius 1 is 1.03 bits per heavy atom. The first kappa shape index (κ1) is 27.0. The molecule has 1 aromatic carbocycles. The molecule has 3 amide bonds. The highest BCUT2D eigenvalue weighted by Gasteiger charge is 2.40. The summed E-state index contributed by atoms with van der Waals surface area (Å²) < 4.78 is 5.39. The van der Waals surface area contributed by atoms with E-state index in [-0.39, 0.29) is 18.4 Å². The smallest absolute Gasteiger partial charge is 0.408 e. The molecule has 0 spiro atoms. The van der Waals surface area contributed by atoms with Crippen molar-refractivity contribution in [3.05, 3.63) is 35.9 Å². The van der Waals surface area contributed by atoms with E-state index in [2.05, 4.69) is 10.6 Å². The molecule has 8 heteroatoms. The highest BCUT2D eigenvalue weighted by molar-refractivity contribution is 5.88. The molecular weight excluding hydrogens is 446 g/mol. The van der Waals surface area contributed by atoms with Crippen LogP contribution in [0.1, 0.15) is 77.7 Å². The fourth-order valence-electron chi connectivity index (χ4n) is 4.98. The maximum Gasteiger partial charge on any atom is 0.408 e. The average molecular weight is 488 g/mol. The van der Waals surface area contributed by atoms with Gasteiger partial charge in [-0.25, -0.2) is 4.79 Å². The van der Waals surface area contributed by atoms with Crippen LogP contribution in [0.2, 0.25) is 0 Å². The highest BCUT2D eigenvalue weighted by Crippen LogP contribution is 2.24. The lowest BCUT2D eigenvalue weighted by molar-refractivity contribution is -0.141. The van der Waals surface area contributed by atoms with Gasteiger partial charge in [0, 0.05) is 19.0 Å². The second-order valence-corrected chi connectivity index (χ2v) is 10.8. The predicted octanol–water partition coefficient (Wildman–Crippen LogP) is 3.31. The number of carbonyl (C=O) groups excluding carboxylic acids is 3. The van der Waals surface area contributed by atoms with Crippen molar-refractivity contribution in [3.8, 4) is 0 Å². The van der Waals surface area contributed by atoms with Gasteiger partial charge in [-0.1, -0.05) is 56.0 Å². The normalized spacial score (nSPS) is 21.0. The van der Waals surface area contributed by atoms with Crippen molar-refractivity contribution in [2.24, 2.45) is 0 Å². The van der Waals surface area contributed by atoms with Crippen molar-refractivity contribution >= 4 is 17.9 Å². The highest BCUT2D eigenvalue weighted by atomic mass is 16.6. The van der Waals surface area contributed by atoms with Crippen LogP contribution in [0, 0.1) is 0 Å². The summed E-state index contributed by atoms with van der Waals surface area (Å²) in [6.07, 6.45) is 5.88. The molecule has 3 atom stereocenters. The number of amides is 3. The Labute approximate surface area is 208 Å². The maximum atomic E-state index is 13.6. The Kier molecular flexibility index (Phi) is 9.55. The summed E-state index contributed by atoms with van der Waals surface area (Å²) in [6, 6.07) is 8.03. The number of benzene rings is 1. The number of hydrogen-bond donors (Lipinski definition) is 3. The summed E-state index contributed by atoms with van der Waals surface area (Å²) >= 11 is 0. The molecule has 1 saturated heterocycles. The summed E-state index contributed by atoms with van der Waals surface area (Å²) in [5.41, 5.74) is 0.191. The van der Waals surface area contributed by atoms with Crippen molar-refractivity contribution < 1.29 is 24.2 Å². The first-order chi connectivity index (χ1) is 16.6. The molecule has 1 heterocycles. The number of likely N-dealkylation sites (tertiary alicyclic amines) is 1. The van der Waals surface area contributed by atoms with Crippen molar-refractivity contribution in [2.45, 2.75) is 108 Å². The number of ether oxygens (including phenoxy) is 1. The monoisotopic (exact) mass is 487 g/mol. The van der Waals surface area contributed by atoms with Gasteiger partial charge in [0.15, 0.2) is 6.10 Å². The molecule has 1 aromatic rings. The van der Waals surface area contributed by atoms with E-state index >= 15 is 0 Å². The number of alkyl carbamates (subject to hydrolysis) is 1. The fraction of sp³-hybridized carbons (Fsp3) is 0.667. The Morgan fingerprint density at radius 2 is 1.69 bits per heavy atom. The van der Waals surface area contributed by atoms with Crippen LogP contribution in [-0.2, 0) is 20.7 Å². The summed E-state index contributed by atoms with van der Waals surface area (Å²) in [5.74, 6) is -0.732. The van der Waals surface area contributed by atoms with Gasteiger partial charge in [0.25, 0.3) is 5.91 Å². The predicted molar refractivity (Wildman–Crippen MR) is 134 cm³/mol. The van der Waals surface area contributed by atoms with E-state index in [1.807, 2.05) is 30.3 Å². The largest absolute Gasteiger partial charge is 0.444 e. The average Bonchev–Trinajstić information content (AvgIpc) is 3.15. The molecule has 0 bridgehead atoms. The minimum Gasteiger partial charge on any atom is -0.444 e. The molecule has 0 aromatic heterocycles. The minimum atomic E-state index is -1.30. The number of aliphatic hydroxyl groups excluding tert-OH is 1. The Bertz CT molecular complexity index is 846. The number of hydrogen-bond acceptors (Lipinski definition) is 5. The fourth-order valence-corrected chi connectivity index (χ4v) is 4.98. The SMILES string of the molecule is CC(C)(C)OC(=O)N[C@@H](Cc1ccccc1)C(=O)N1CCCC1C(O)C(=O)NC1CCCCCC1. The van der Waals surface area contributed by atoms with E-state index in [0.717, 1.165) is 31.2 Å². The lowest BCUT2D eigenvalue weighted by Gasteiger charge is -2.32. The van der Waals surface area contributed by atoms with E-state index in [4.69, 9.17) is 4.74 Å². The molecule has 2 aliphatic rings. The molecule has 1 saturated carbocycles. The zero-order valence-corrected chi connectivity index (χ0v) is 21.3. The summed E-state index contributed by atoms with van der Waals surface area (Å²) in [4.78, 5) is 40.6. The van der Waals surface area contributed by atoms with E-state index in [1.54, 1.807) is 25.7 Å². The molecule has 2 fully saturated rings. The van der Waals surface area contributed by atoms with Crippen molar-refractivity contribution in [1.29, 1.82) is 0 Å². The molecule has 35 heavy (non-hydrogen) atoms. The number of nitrogens with zero attached hydrogens (tertiary/aromatic N) is 1. The molecule has 8 nitrogen and oxygen atoms in total. The van der Waals surface area contributed by atoms with Crippen LogP contribution in [0.25, 0.3) is 0 Å². The molecule has 0 radical (unpaired) electrons. The van der Waals surface area contributed by atoms with Crippen molar-refractivity contribution in [1.82, 2.24) is 15.5 Å². The van der Waals surface area contributed by atoms with Crippen LogP contribution in [-0.4, -0.2) is 64.3 Å². The molecule has 1 aliphatic heterocycles. The van der Waals surface area contributed by atoms with Crippen LogP contribution in [0.4, 0.5) is 4.79 Å². The molecular formula is C27H41N3O5. The van der Waals surface area contributed by atoms with E-state index in [0.29, 0.717) is 19.4 Å². The number of nitrogens with one attached hydrogen (secondary N) is 2. The lowest BCUT2D eigenvalue weighted by Crippen LogP contribution is -2.56. The topological polar surface area (TPSA) is 108 Å². The summed E-state index contributed by atoms with van der Waals surface area (Å²) in [6.45, 7) is 5.72. The summed E-state index contributed by atoms with van der Waals surface area (Å²) in [5, 5.41) is 16.7. The number of aliphatic hydroxyl groups is 1. The van der Waals surface area contributed by atoms with Gasteiger partial charge in [-0.3, -0.25) is 9.59 Å². The van der Waals surface area contributed by atoms with Gasteiger partial charge >= 0.3 is 6.09 Å². The third-order valence-electron chi connectivity index (χ3n) is 6.69. The van der Waals surface area contributed by atoms with Gasteiger partial charge in [0.1, 0.15) is 11.6 Å². The first-order valence-corrected chi connectivity index (χ1v) is 13.0. The van der Waals surface area contributed by atoms with Gasteiger partial charge in [0.2, 0.25) is 5.91 Å². The number of carbonyl (C=O) groups is 3. The molecule has 1 aliphatic carbocycles. The Balaban J connectivity index is 1.70. The van der Waals surface area contributed by atoms with Crippen LogP contribution < -0.4 is 10.6 Å². The van der Waals surface area contributed by atoms with Crippen LogP contribution in [0.5, 0.6) is 0 Å². The molecule has 194 valence electrons. The van der Waals surface area contributed by atoms with Gasteiger partial charge < -0.3 is 25.4 Å². The van der Waals surface area contributed by atoms with E-state index < -0.39 is 35.8 Å². The zero-order chi connectivity index (χ0) is 25.4. The number of rotatable bonds is 7. The van der Waals surface area contributed by atoms with Gasteiger partial charge in [0.05, 0.1) is 6.04 Å². The van der Waals surface area contributed by atoms with Gasteiger partial charge in [-0.2, -0.15) is 0 Å². The van der Waals surface area contributed by atoms with Crippen LogP contribution in [0.15, 0.2) is 30.3 Å². The Morgan fingerprint density at radius 3 is 2.31 bits per heavy atom. The van der Waals surface area contributed by atoms with Crippen molar-refractivity contribution in [3.63, 3.8) is 0 Å². The second kappa shape index (κ2) is 12.4. The second-order valence-electron chi connectivity index (χ2n) is 10.8. The summed E-state index contributed by atoms with van der Waals surface area (Å²) in [7, 11) is 0.